The van der Waals surface area contributed by atoms with Gasteiger partial charge < -0.3 is 5.11 Å². The van der Waals surface area contributed by atoms with Crippen LogP contribution in [0, 0.1) is 10.1 Å². The van der Waals surface area contributed by atoms with Crippen LogP contribution in [0.15, 0.2) is 42.9 Å². The van der Waals surface area contributed by atoms with Crippen LogP contribution in [0.1, 0.15) is 32.1 Å². The molecule has 9 nitrogen and oxygen atoms in total. The van der Waals surface area contributed by atoms with Crippen LogP contribution in [0.25, 0.3) is 10.9 Å². The monoisotopic (exact) mass is 354 g/mol. The molecule has 0 unspecified atom stereocenters. The summed E-state index contributed by atoms with van der Waals surface area (Å²) >= 11 is 0. The standard InChI is InChI=1S/C17H18N6O3/c24-17(7-2-1-3-8-17)21(16-18-9-4-10-19-16)22-15-11-14(23(25)26)6-5-13(15)12-20-22/h4-6,9-12,24H,1-3,7-8H2. The van der Waals surface area contributed by atoms with Gasteiger partial charge in [0.1, 0.15) is 0 Å². The number of nitrogens with zero attached hydrogens (tertiary/aromatic N) is 6. The number of fused-ring (bicyclic) bond motifs is 1. The summed E-state index contributed by atoms with van der Waals surface area (Å²) in [7, 11) is 0. The molecule has 9 heteroatoms. The van der Waals surface area contributed by atoms with E-state index in [1.165, 1.54) is 16.9 Å². The molecule has 0 saturated heterocycles. The molecule has 0 amide bonds. The van der Waals surface area contributed by atoms with Gasteiger partial charge >= 0.3 is 0 Å². The maximum Gasteiger partial charge on any atom is 0.271 e. The lowest BCUT2D eigenvalue weighted by Gasteiger charge is -2.41. The number of hydrogen-bond donors (Lipinski definition) is 1. The fourth-order valence-electron chi connectivity index (χ4n) is 3.44. The van der Waals surface area contributed by atoms with Crippen LogP contribution in [0.2, 0.25) is 0 Å². The molecule has 1 fully saturated rings. The number of rotatable bonds is 4. The Bertz CT molecular complexity index is 936. The topological polar surface area (TPSA) is 110 Å². The van der Waals surface area contributed by atoms with Crippen molar-refractivity contribution < 1.29 is 10.0 Å². The lowest BCUT2D eigenvalue weighted by molar-refractivity contribution is -0.384. The van der Waals surface area contributed by atoms with Crippen molar-refractivity contribution in [2.24, 2.45) is 0 Å². The second kappa shape index (κ2) is 6.34. The Labute approximate surface area is 149 Å². The van der Waals surface area contributed by atoms with Crippen LogP contribution in [-0.2, 0) is 0 Å². The first kappa shape index (κ1) is 16.4. The van der Waals surface area contributed by atoms with Crippen LogP contribution in [0.5, 0.6) is 0 Å². The van der Waals surface area contributed by atoms with E-state index in [-0.39, 0.29) is 5.69 Å². The smallest absolute Gasteiger partial charge is 0.271 e. The first-order chi connectivity index (χ1) is 12.6. The Hall–Kier alpha value is -3.07. The number of hydrogen-bond acceptors (Lipinski definition) is 7. The van der Waals surface area contributed by atoms with Crippen molar-refractivity contribution in [2.75, 3.05) is 5.01 Å². The highest BCUT2D eigenvalue weighted by Gasteiger charge is 2.40. The summed E-state index contributed by atoms with van der Waals surface area (Å²) in [6.45, 7) is 0. The molecule has 0 bridgehead atoms. The van der Waals surface area contributed by atoms with E-state index in [0.717, 1.165) is 24.6 Å². The van der Waals surface area contributed by atoms with Gasteiger partial charge in [-0.3, -0.25) is 10.1 Å². The van der Waals surface area contributed by atoms with Gasteiger partial charge in [0.05, 0.1) is 16.6 Å². The first-order valence-electron chi connectivity index (χ1n) is 8.51. The third-order valence-electron chi connectivity index (χ3n) is 4.73. The third-order valence-corrected chi connectivity index (χ3v) is 4.73. The molecule has 2 aromatic heterocycles. The molecular weight excluding hydrogens is 336 g/mol. The van der Waals surface area contributed by atoms with Crippen molar-refractivity contribution in [1.82, 2.24) is 19.9 Å². The van der Waals surface area contributed by atoms with Crippen LogP contribution in [-0.4, -0.2) is 35.6 Å². The average molecular weight is 354 g/mol. The van der Waals surface area contributed by atoms with Crippen LogP contribution in [0.3, 0.4) is 0 Å². The summed E-state index contributed by atoms with van der Waals surface area (Å²) in [5.41, 5.74) is -0.724. The Morgan fingerprint density at radius 1 is 1.19 bits per heavy atom. The Morgan fingerprint density at radius 3 is 2.62 bits per heavy atom. The molecule has 134 valence electrons. The van der Waals surface area contributed by atoms with Gasteiger partial charge in [-0.1, -0.05) is 6.42 Å². The third kappa shape index (κ3) is 2.76. The van der Waals surface area contributed by atoms with Gasteiger partial charge in [-0.05, 0) is 37.8 Å². The molecule has 0 radical (unpaired) electrons. The molecule has 2 heterocycles. The highest BCUT2D eigenvalue weighted by molar-refractivity contribution is 5.81. The molecule has 0 aliphatic heterocycles. The fourth-order valence-corrected chi connectivity index (χ4v) is 3.44. The van der Waals surface area contributed by atoms with Crippen LogP contribution >= 0.6 is 0 Å². The maximum absolute atomic E-state index is 11.3. The van der Waals surface area contributed by atoms with Crippen molar-refractivity contribution in [3.8, 4) is 0 Å². The molecule has 26 heavy (non-hydrogen) atoms. The fraction of sp³-hybridized carbons (Fsp3) is 0.353. The summed E-state index contributed by atoms with van der Waals surface area (Å²) in [4.78, 5) is 20.8. The number of aromatic nitrogens is 4. The van der Waals surface area contributed by atoms with Crippen molar-refractivity contribution in [3.05, 3.63) is 53.0 Å². The quantitative estimate of drug-likeness (QED) is 0.435. The van der Waals surface area contributed by atoms with Gasteiger partial charge in [0, 0.05) is 29.9 Å². The predicted molar refractivity (Wildman–Crippen MR) is 94.3 cm³/mol. The molecule has 1 N–H and O–H groups in total. The summed E-state index contributed by atoms with van der Waals surface area (Å²) in [5.74, 6) is 0.299. The number of non-ortho nitro benzene ring substituents is 1. The van der Waals surface area contributed by atoms with Crippen molar-refractivity contribution in [3.63, 3.8) is 0 Å². The van der Waals surface area contributed by atoms with E-state index in [1.54, 1.807) is 35.7 Å². The Kier molecular flexibility index (Phi) is 4.00. The van der Waals surface area contributed by atoms with Crippen LogP contribution < -0.4 is 5.01 Å². The molecule has 1 saturated carbocycles. The lowest BCUT2D eigenvalue weighted by Crippen LogP contribution is -2.54. The number of nitro groups is 1. The van der Waals surface area contributed by atoms with Gasteiger partial charge in [0.15, 0.2) is 5.72 Å². The van der Waals surface area contributed by atoms with E-state index in [4.69, 9.17) is 0 Å². The van der Waals surface area contributed by atoms with E-state index in [2.05, 4.69) is 15.1 Å². The summed E-state index contributed by atoms with van der Waals surface area (Å²) in [6.07, 6.45) is 8.69. The van der Waals surface area contributed by atoms with E-state index in [1.807, 2.05) is 0 Å². The van der Waals surface area contributed by atoms with Gasteiger partial charge in [-0.2, -0.15) is 14.9 Å². The first-order valence-corrected chi connectivity index (χ1v) is 8.51. The molecular formula is C17H18N6O3. The molecule has 0 atom stereocenters. The molecule has 1 aliphatic rings. The second-order valence-corrected chi connectivity index (χ2v) is 6.44. The molecule has 4 rings (SSSR count). The highest BCUT2D eigenvalue weighted by atomic mass is 16.6. The summed E-state index contributed by atoms with van der Waals surface area (Å²) < 4.78 is 0. The van der Waals surface area contributed by atoms with Crippen molar-refractivity contribution >= 4 is 22.5 Å². The summed E-state index contributed by atoms with van der Waals surface area (Å²) in [6, 6.07) is 6.22. The molecule has 1 aromatic carbocycles. The van der Waals surface area contributed by atoms with E-state index < -0.39 is 10.6 Å². The van der Waals surface area contributed by atoms with Gasteiger partial charge in [0.25, 0.3) is 5.69 Å². The largest absolute Gasteiger partial charge is 0.369 e. The zero-order valence-corrected chi connectivity index (χ0v) is 14.0. The lowest BCUT2D eigenvalue weighted by atomic mass is 9.91. The molecule has 0 spiro atoms. The molecule has 3 aromatic rings. The SMILES string of the molecule is O=[N+]([O-])c1ccc2cnn(N(c3ncccn3)C3(O)CCCCC3)c2c1. The zero-order chi connectivity index (χ0) is 18.1. The average Bonchev–Trinajstić information content (AvgIpc) is 3.06. The minimum atomic E-state index is -1.21. The van der Waals surface area contributed by atoms with Crippen LogP contribution in [0.4, 0.5) is 11.6 Å². The number of aliphatic hydroxyl groups is 1. The van der Waals surface area contributed by atoms with Crippen molar-refractivity contribution in [2.45, 2.75) is 37.8 Å². The number of benzene rings is 1. The van der Waals surface area contributed by atoms with Gasteiger partial charge in [0.2, 0.25) is 5.95 Å². The number of nitro benzene ring substituents is 1. The minimum Gasteiger partial charge on any atom is -0.369 e. The van der Waals surface area contributed by atoms with Crippen molar-refractivity contribution in [1.29, 1.82) is 0 Å². The normalized spacial score (nSPS) is 16.5. The zero-order valence-electron chi connectivity index (χ0n) is 14.0. The number of anilines is 1. The summed E-state index contributed by atoms with van der Waals surface area (Å²) in [5, 5.41) is 29.2. The second-order valence-electron chi connectivity index (χ2n) is 6.44. The Balaban J connectivity index is 1.90. The minimum absolute atomic E-state index is 0.0381. The molecule has 1 aliphatic carbocycles. The highest BCUT2D eigenvalue weighted by Crippen LogP contribution is 2.35. The van der Waals surface area contributed by atoms with E-state index in [0.29, 0.717) is 24.3 Å². The predicted octanol–water partition coefficient (Wildman–Crippen LogP) is 2.66. The van der Waals surface area contributed by atoms with E-state index in [9.17, 15) is 15.2 Å². The Morgan fingerprint density at radius 2 is 1.92 bits per heavy atom. The van der Waals surface area contributed by atoms with Gasteiger partial charge in [-0.15, -0.1) is 0 Å². The van der Waals surface area contributed by atoms with Gasteiger partial charge in [-0.25, -0.2) is 9.97 Å². The van der Waals surface area contributed by atoms with E-state index >= 15 is 0 Å². The maximum atomic E-state index is 11.3.